The summed E-state index contributed by atoms with van der Waals surface area (Å²) in [5.74, 6) is -1.72. The molecule has 2 fully saturated rings. The van der Waals surface area contributed by atoms with Crippen LogP contribution < -0.4 is 9.64 Å². The first kappa shape index (κ1) is 23.9. The van der Waals surface area contributed by atoms with Crippen molar-refractivity contribution in [3.05, 3.63) is 112 Å². The molecule has 0 radical (unpaired) electrons. The van der Waals surface area contributed by atoms with Gasteiger partial charge in [-0.05, 0) is 74.2 Å². The van der Waals surface area contributed by atoms with Crippen LogP contribution in [0.4, 0.5) is 5.69 Å². The number of nitrogens with zero attached hydrogens (tertiary/aromatic N) is 2. The summed E-state index contributed by atoms with van der Waals surface area (Å²) in [6.07, 6.45) is 3.82. The molecule has 4 atom stereocenters. The maximum absolute atomic E-state index is 14.2. The van der Waals surface area contributed by atoms with Gasteiger partial charge in [0.05, 0.1) is 35.1 Å². The van der Waals surface area contributed by atoms with E-state index in [0.29, 0.717) is 21.5 Å². The number of carbonyl (C=O) groups excluding carboxylic acids is 3. The third-order valence-corrected chi connectivity index (χ3v) is 8.78. The van der Waals surface area contributed by atoms with Crippen LogP contribution in [-0.4, -0.2) is 35.6 Å². The van der Waals surface area contributed by atoms with E-state index in [4.69, 9.17) is 4.74 Å². The largest absolute Gasteiger partial charge is 0.496 e. The first-order valence-corrected chi connectivity index (χ1v) is 13.6. The summed E-state index contributed by atoms with van der Waals surface area (Å²) in [6.45, 7) is 0. The molecule has 7 rings (SSSR count). The number of benzene rings is 4. The molecule has 7 heteroatoms. The van der Waals surface area contributed by atoms with Crippen LogP contribution in [0.5, 0.6) is 5.75 Å². The van der Waals surface area contributed by atoms with Crippen LogP contribution in [0, 0.1) is 11.8 Å². The van der Waals surface area contributed by atoms with E-state index < -0.39 is 23.9 Å². The van der Waals surface area contributed by atoms with Crippen molar-refractivity contribution >= 4 is 56.1 Å². The number of fused-ring (bicyclic) bond motifs is 6. The van der Waals surface area contributed by atoms with Crippen molar-refractivity contribution in [1.29, 1.82) is 0 Å². The highest BCUT2D eigenvalue weighted by Crippen LogP contribution is 2.54. The third-order valence-electron chi connectivity index (χ3n) is 8.16. The number of halogens is 1. The second-order valence-electron chi connectivity index (χ2n) is 10.1. The monoisotopic (exact) mass is 578 g/mol. The second kappa shape index (κ2) is 8.92. The Morgan fingerprint density at radius 2 is 1.59 bits per heavy atom. The zero-order valence-electron chi connectivity index (χ0n) is 21.0. The number of Topliss-reactive ketones (excluding diaryl/α,β-unsaturated/α-hetero) is 1. The Bertz CT molecular complexity index is 1730. The Balaban J connectivity index is 1.36. The molecular weight excluding hydrogens is 556 g/mol. The third kappa shape index (κ3) is 3.49. The maximum Gasteiger partial charge on any atom is 0.240 e. The van der Waals surface area contributed by atoms with E-state index in [1.807, 2.05) is 83.9 Å². The number of carbonyl (C=O) groups is 3. The van der Waals surface area contributed by atoms with Crippen molar-refractivity contribution in [3.8, 4) is 5.75 Å². The molecule has 3 aliphatic heterocycles. The van der Waals surface area contributed by atoms with Crippen LogP contribution in [0.1, 0.15) is 27.5 Å². The SMILES string of the molecule is COc1ccc(C(=O)[C@@H]2[C@@H]3C(=O)N(c4ccc5ccccc5c4)C(=O)[C@@H]3[C@H]3c4ccccc4C=CN23)cc1Br. The van der Waals surface area contributed by atoms with Gasteiger partial charge in [0.15, 0.2) is 5.78 Å². The number of anilines is 1. The lowest BCUT2D eigenvalue weighted by Gasteiger charge is -2.35. The van der Waals surface area contributed by atoms with Gasteiger partial charge in [0.1, 0.15) is 11.8 Å². The molecule has 0 unspecified atom stereocenters. The van der Waals surface area contributed by atoms with Crippen molar-refractivity contribution in [3.63, 3.8) is 0 Å². The molecule has 192 valence electrons. The highest BCUT2D eigenvalue weighted by molar-refractivity contribution is 9.10. The standard InChI is InChI=1S/C32H23BrN2O4/c1-39-25-13-11-21(17-24(25)33)30(36)29-27-26(28-23-9-5-4-7-19(23)14-15-34(28)29)31(37)35(32(27)38)22-12-10-18-6-2-3-8-20(18)16-22/h2-17,26-29H,1H3/t26-,27+,28+,29-/m0/s1. The zero-order valence-corrected chi connectivity index (χ0v) is 22.5. The summed E-state index contributed by atoms with van der Waals surface area (Å²) in [6, 6.07) is 25.2. The van der Waals surface area contributed by atoms with Crippen LogP contribution in [0.25, 0.3) is 16.8 Å². The Hall–Kier alpha value is -4.23. The molecule has 4 aromatic rings. The van der Waals surface area contributed by atoms with Crippen LogP contribution >= 0.6 is 15.9 Å². The molecule has 2 saturated heterocycles. The number of amides is 2. The Morgan fingerprint density at radius 3 is 2.38 bits per heavy atom. The summed E-state index contributed by atoms with van der Waals surface area (Å²) in [4.78, 5) is 45.7. The number of rotatable bonds is 4. The fourth-order valence-corrected chi connectivity index (χ4v) is 6.96. The summed E-state index contributed by atoms with van der Waals surface area (Å²) >= 11 is 3.48. The molecular formula is C32H23BrN2O4. The second-order valence-corrected chi connectivity index (χ2v) is 10.9. The van der Waals surface area contributed by atoms with Crippen molar-refractivity contribution < 1.29 is 19.1 Å². The van der Waals surface area contributed by atoms with E-state index in [-0.39, 0.29) is 17.6 Å². The first-order valence-electron chi connectivity index (χ1n) is 12.8. The normalized spacial score (nSPS) is 23.1. The highest BCUT2D eigenvalue weighted by atomic mass is 79.9. The molecule has 0 bridgehead atoms. The Kier molecular flexibility index (Phi) is 5.45. The molecule has 4 aromatic carbocycles. The fourth-order valence-electron chi connectivity index (χ4n) is 6.42. The lowest BCUT2D eigenvalue weighted by Crippen LogP contribution is -2.44. The molecule has 0 N–H and O–H groups in total. The van der Waals surface area contributed by atoms with E-state index >= 15 is 0 Å². The minimum absolute atomic E-state index is 0.207. The highest BCUT2D eigenvalue weighted by Gasteiger charge is 2.64. The van der Waals surface area contributed by atoms with E-state index in [2.05, 4.69) is 15.9 Å². The molecule has 3 aliphatic rings. The number of ketones is 1. The summed E-state index contributed by atoms with van der Waals surface area (Å²) in [7, 11) is 1.56. The van der Waals surface area contributed by atoms with Gasteiger partial charge in [-0.2, -0.15) is 0 Å². The number of imide groups is 1. The molecule has 2 amide bonds. The van der Waals surface area contributed by atoms with E-state index in [1.165, 1.54) is 4.90 Å². The van der Waals surface area contributed by atoms with Crippen molar-refractivity contribution in [2.24, 2.45) is 11.8 Å². The maximum atomic E-state index is 14.2. The Labute approximate surface area is 233 Å². The van der Waals surface area contributed by atoms with Gasteiger partial charge in [-0.1, -0.05) is 54.6 Å². The van der Waals surface area contributed by atoms with E-state index in [1.54, 1.807) is 25.3 Å². The van der Waals surface area contributed by atoms with Crippen LogP contribution in [0.2, 0.25) is 0 Å². The van der Waals surface area contributed by atoms with Gasteiger partial charge >= 0.3 is 0 Å². The van der Waals surface area contributed by atoms with E-state index in [0.717, 1.165) is 21.9 Å². The van der Waals surface area contributed by atoms with Crippen molar-refractivity contribution in [2.75, 3.05) is 12.0 Å². The van der Waals surface area contributed by atoms with Crippen molar-refractivity contribution in [1.82, 2.24) is 4.90 Å². The quantitative estimate of drug-likeness (QED) is 0.219. The van der Waals surface area contributed by atoms with Crippen LogP contribution in [-0.2, 0) is 9.59 Å². The van der Waals surface area contributed by atoms with Gasteiger partial charge in [0.25, 0.3) is 0 Å². The van der Waals surface area contributed by atoms with Crippen LogP contribution in [0.3, 0.4) is 0 Å². The summed E-state index contributed by atoms with van der Waals surface area (Å²) in [5.41, 5.74) is 2.91. The summed E-state index contributed by atoms with van der Waals surface area (Å²) < 4.78 is 5.99. The lowest BCUT2D eigenvalue weighted by molar-refractivity contribution is -0.123. The van der Waals surface area contributed by atoms with Gasteiger partial charge in [-0.3, -0.25) is 14.4 Å². The lowest BCUT2D eigenvalue weighted by atomic mass is 9.83. The number of hydrogen-bond donors (Lipinski definition) is 0. The van der Waals surface area contributed by atoms with Gasteiger partial charge in [0.2, 0.25) is 11.8 Å². The minimum Gasteiger partial charge on any atom is -0.496 e. The van der Waals surface area contributed by atoms with Gasteiger partial charge in [-0.15, -0.1) is 0 Å². The Morgan fingerprint density at radius 1 is 0.846 bits per heavy atom. The number of methoxy groups -OCH3 is 1. The summed E-state index contributed by atoms with van der Waals surface area (Å²) in [5, 5.41) is 1.96. The molecule has 0 spiro atoms. The molecule has 3 heterocycles. The topological polar surface area (TPSA) is 66.9 Å². The number of hydrogen-bond acceptors (Lipinski definition) is 5. The predicted octanol–water partition coefficient (Wildman–Crippen LogP) is 6.01. The van der Waals surface area contributed by atoms with Crippen LogP contribution in [0.15, 0.2) is 95.6 Å². The first-order chi connectivity index (χ1) is 19.0. The molecule has 0 saturated carbocycles. The predicted molar refractivity (Wildman–Crippen MR) is 152 cm³/mol. The van der Waals surface area contributed by atoms with Gasteiger partial charge < -0.3 is 9.64 Å². The zero-order chi connectivity index (χ0) is 26.8. The van der Waals surface area contributed by atoms with Crippen molar-refractivity contribution in [2.45, 2.75) is 12.1 Å². The minimum atomic E-state index is -0.827. The van der Waals surface area contributed by atoms with Gasteiger partial charge in [0, 0.05) is 11.8 Å². The molecule has 0 aromatic heterocycles. The smallest absolute Gasteiger partial charge is 0.240 e. The average molecular weight is 579 g/mol. The average Bonchev–Trinajstić information content (AvgIpc) is 3.44. The molecule has 6 nitrogen and oxygen atoms in total. The number of ether oxygens (including phenoxy) is 1. The van der Waals surface area contributed by atoms with Gasteiger partial charge in [-0.25, -0.2) is 4.90 Å². The van der Waals surface area contributed by atoms with E-state index in [9.17, 15) is 14.4 Å². The molecule has 0 aliphatic carbocycles. The molecule has 39 heavy (non-hydrogen) atoms. The fraction of sp³-hybridized carbons (Fsp3) is 0.156.